The fourth-order valence-electron chi connectivity index (χ4n) is 0.886. The van der Waals surface area contributed by atoms with Crippen molar-refractivity contribution in [3.05, 3.63) is 0 Å². The standard InChI is InChI=1S/C9H21NS4/c1-10(2-6-13-8-4-11)3-7-14-9-5-12/h11-12H,2-9H2,1H3. The average molecular weight is 272 g/mol. The Hall–Kier alpha value is 1.36. The van der Waals surface area contributed by atoms with E-state index in [1.165, 1.54) is 36.1 Å². The van der Waals surface area contributed by atoms with Crippen LogP contribution in [0.4, 0.5) is 0 Å². The van der Waals surface area contributed by atoms with Crippen molar-refractivity contribution in [2.24, 2.45) is 0 Å². The molecule has 0 aliphatic carbocycles. The van der Waals surface area contributed by atoms with Crippen molar-refractivity contribution < 1.29 is 0 Å². The summed E-state index contributed by atoms with van der Waals surface area (Å²) in [6.45, 7) is 2.39. The molecular formula is C9H21NS4. The molecule has 5 heteroatoms. The van der Waals surface area contributed by atoms with Gasteiger partial charge in [-0.05, 0) is 18.6 Å². The summed E-state index contributed by atoms with van der Waals surface area (Å²) in [6.07, 6.45) is 0. The zero-order valence-corrected chi connectivity index (χ0v) is 12.2. The molecule has 0 fully saturated rings. The summed E-state index contributed by atoms with van der Waals surface area (Å²) in [5, 5.41) is 0. The first-order valence-corrected chi connectivity index (χ1v) is 8.44. The second kappa shape index (κ2) is 12.4. The van der Waals surface area contributed by atoms with Gasteiger partial charge in [0.05, 0.1) is 0 Å². The van der Waals surface area contributed by atoms with Gasteiger partial charge >= 0.3 is 0 Å². The van der Waals surface area contributed by atoms with Crippen LogP contribution < -0.4 is 0 Å². The van der Waals surface area contributed by atoms with Crippen LogP contribution >= 0.6 is 48.8 Å². The predicted molar refractivity (Wildman–Crippen MR) is 79.9 cm³/mol. The monoisotopic (exact) mass is 271 g/mol. The van der Waals surface area contributed by atoms with Crippen molar-refractivity contribution in [3.8, 4) is 0 Å². The third-order valence-corrected chi connectivity index (χ3v) is 4.69. The Labute approximate surface area is 108 Å². The maximum absolute atomic E-state index is 4.18. The molecule has 14 heavy (non-hydrogen) atoms. The number of rotatable bonds is 10. The van der Waals surface area contributed by atoms with Crippen molar-refractivity contribution in [2.45, 2.75) is 0 Å². The quantitative estimate of drug-likeness (QED) is 0.464. The van der Waals surface area contributed by atoms with Crippen LogP contribution in [0.15, 0.2) is 0 Å². The fourth-order valence-corrected chi connectivity index (χ4v) is 3.21. The molecule has 0 spiro atoms. The number of thioether (sulfide) groups is 2. The fraction of sp³-hybridized carbons (Fsp3) is 1.00. The van der Waals surface area contributed by atoms with Crippen LogP contribution in [0.5, 0.6) is 0 Å². The van der Waals surface area contributed by atoms with Gasteiger partial charge in [-0.3, -0.25) is 0 Å². The van der Waals surface area contributed by atoms with Crippen molar-refractivity contribution in [3.63, 3.8) is 0 Å². The van der Waals surface area contributed by atoms with E-state index < -0.39 is 0 Å². The normalized spacial score (nSPS) is 11.1. The molecule has 0 amide bonds. The van der Waals surface area contributed by atoms with Gasteiger partial charge in [0.15, 0.2) is 0 Å². The Kier molecular flexibility index (Phi) is 13.6. The molecule has 0 aromatic carbocycles. The molecular weight excluding hydrogens is 250 g/mol. The second-order valence-electron chi connectivity index (χ2n) is 2.98. The molecule has 0 aliphatic rings. The van der Waals surface area contributed by atoms with Crippen LogP contribution in [0, 0.1) is 0 Å². The van der Waals surface area contributed by atoms with Crippen molar-refractivity contribution in [1.82, 2.24) is 4.90 Å². The van der Waals surface area contributed by atoms with Crippen LogP contribution in [-0.2, 0) is 0 Å². The van der Waals surface area contributed by atoms with Crippen LogP contribution in [-0.4, -0.2) is 59.6 Å². The molecule has 0 aromatic heterocycles. The summed E-state index contributed by atoms with van der Waals surface area (Å²) in [4.78, 5) is 2.40. The average Bonchev–Trinajstić information content (AvgIpc) is 2.19. The van der Waals surface area contributed by atoms with Crippen molar-refractivity contribution in [2.75, 3.05) is 54.7 Å². The SMILES string of the molecule is CN(CCSCCS)CCSCCS. The lowest BCUT2D eigenvalue weighted by atomic mass is 10.6. The Morgan fingerprint density at radius 1 is 0.857 bits per heavy atom. The highest BCUT2D eigenvalue weighted by atomic mass is 32.2. The molecule has 1 nitrogen and oxygen atoms in total. The first-order chi connectivity index (χ1) is 6.81. The summed E-state index contributed by atoms with van der Waals surface area (Å²) >= 11 is 12.3. The van der Waals surface area contributed by atoms with E-state index in [9.17, 15) is 0 Å². The van der Waals surface area contributed by atoms with Crippen LogP contribution in [0.1, 0.15) is 0 Å². The lowest BCUT2D eigenvalue weighted by Gasteiger charge is -2.15. The molecule has 0 aliphatic heterocycles. The molecule has 0 heterocycles. The summed E-state index contributed by atoms with van der Waals surface area (Å²) < 4.78 is 0. The Morgan fingerprint density at radius 3 is 1.64 bits per heavy atom. The minimum atomic E-state index is 0.992. The zero-order valence-electron chi connectivity index (χ0n) is 8.81. The number of nitrogens with zero attached hydrogens (tertiary/aromatic N) is 1. The van der Waals surface area contributed by atoms with Crippen LogP contribution in [0.25, 0.3) is 0 Å². The van der Waals surface area contributed by atoms with Gasteiger partial charge in [-0.25, -0.2) is 0 Å². The second-order valence-corrected chi connectivity index (χ2v) is 6.32. The van der Waals surface area contributed by atoms with Crippen molar-refractivity contribution in [1.29, 1.82) is 0 Å². The first-order valence-electron chi connectivity index (χ1n) is 4.87. The lowest BCUT2D eigenvalue weighted by Crippen LogP contribution is -2.24. The molecule has 0 saturated carbocycles. The minimum absolute atomic E-state index is 0.992. The summed E-state index contributed by atoms with van der Waals surface area (Å²) in [7, 11) is 2.20. The van der Waals surface area contributed by atoms with Gasteiger partial charge in [0.25, 0.3) is 0 Å². The third kappa shape index (κ3) is 11.4. The van der Waals surface area contributed by atoms with Crippen molar-refractivity contribution >= 4 is 48.8 Å². The molecule has 86 valence electrons. The maximum atomic E-state index is 4.18. The van der Waals surface area contributed by atoms with E-state index >= 15 is 0 Å². The van der Waals surface area contributed by atoms with E-state index in [2.05, 4.69) is 37.2 Å². The Balaban J connectivity index is 3.07. The highest BCUT2D eigenvalue weighted by molar-refractivity contribution is 8.00. The van der Waals surface area contributed by atoms with Gasteiger partial charge < -0.3 is 4.90 Å². The van der Waals surface area contributed by atoms with E-state index in [-0.39, 0.29) is 0 Å². The highest BCUT2D eigenvalue weighted by Gasteiger charge is 1.97. The number of hydrogen-bond donors (Lipinski definition) is 2. The van der Waals surface area contributed by atoms with E-state index in [0.717, 1.165) is 11.5 Å². The topological polar surface area (TPSA) is 3.24 Å². The minimum Gasteiger partial charge on any atom is -0.305 e. The highest BCUT2D eigenvalue weighted by Crippen LogP contribution is 2.03. The molecule has 0 N–H and O–H groups in total. The van der Waals surface area contributed by atoms with Gasteiger partial charge in [-0.1, -0.05) is 0 Å². The Bertz CT molecular complexity index is 101. The maximum Gasteiger partial charge on any atom is 0.00696 e. The zero-order chi connectivity index (χ0) is 10.6. The largest absolute Gasteiger partial charge is 0.305 e. The van der Waals surface area contributed by atoms with Gasteiger partial charge in [-0.15, -0.1) is 0 Å². The Morgan fingerprint density at radius 2 is 1.29 bits per heavy atom. The van der Waals surface area contributed by atoms with Gasteiger partial charge in [0.1, 0.15) is 0 Å². The van der Waals surface area contributed by atoms with Gasteiger partial charge in [0, 0.05) is 36.1 Å². The van der Waals surface area contributed by atoms with E-state index in [4.69, 9.17) is 0 Å². The summed E-state index contributed by atoms with van der Waals surface area (Å²) in [5.41, 5.74) is 0. The molecule has 0 rings (SSSR count). The predicted octanol–water partition coefficient (Wildman–Crippen LogP) is 2.24. The number of thiol groups is 2. The van der Waals surface area contributed by atoms with Crippen LogP contribution in [0.2, 0.25) is 0 Å². The molecule has 0 radical (unpaired) electrons. The number of hydrogen-bond acceptors (Lipinski definition) is 5. The van der Waals surface area contributed by atoms with Gasteiger partial charge in [-0.2, -0.15) is 48.8 Å². The summed E-state index contributed by atoms with van der Waals surface area (Å²) in [6, 6.07) is 0. The molecule has 0 aromatic rings. The third-order valence-electron chi connectivity index (χ3n) is 1.71. The van der Waals surface area contributed by atoms with E-state index in [1.807, 2.05) is 23.5 Å². The molecule has 0 bridgehead atoms. The molecule has 0 atom stereocenters. The van der Waals surface area contributed by atoms with E-state index in [1.54, 1.807) is 0 Å². The van der Waals surface area contributed by atoms with E-state index in [0.29, 0.717) is 0 Å². The van der Waals surface area contributed by atoms with Crippen LogP contribution in [0.3, 0.4) is 0 Å². The first kappa shape index (κ1) is 15.4. The smallest absolute Gasteiger partial charge is 0.00696 e. The summed E-state index contributed by atoms with van der Waals surface area (Å²) in [5.74, 6) is 6.79. The van der Waals surface area contributed by atoms with Gasteiger partial charge in [0.2, 0.25) is 0 Å². The lowest BCUT2D eigenvalue weighted by molar-refractivity contribution is 0.380. The molecule has 0 saturated heterocycles. The molecule has 0 unspecified atom stereocenters.